The lowest BCUT2D eigenvalue weighted by molar-refractivity contribution is 0.628. The van der Waals surface area contributed by atoms with Gasteiger partial charge in [0.1, 0.15) is 5.82 Å². The van der Waals surface area contributed by atoms with Crippen LogP contribution in [0.2, 0.25) is 0 Å². The molecule has 0 N–H and O–H groups in total. The van der Waals surface area contributed by atoms with E-state index in [2.05, 4.69) is 15.1 Å². The van der Waals surface area contributed by atoms with E-state index in [0.29, 0.717) is 0 Å². The Kier molecular flexibility index (Phi) is 2.89. The van der Waals surface area contributed by atoms with Gasteiger partial charge in [-0.25, -0.2) is 13.9 Å². The quantitative estimate of drug-likeness (QED) is 0.566. The van der Waals surface area contributed by atoms with Crippen LogP contribution in [0.1, 0.15) is 0 Å². The van der Waals surface area contributed by atoms with Gasteiger partial charge in [0.2, 0.25) is 0 Å². The van der Waals surface area contributed by atoms with Crippen molar-refractivity contribution in [2.45, 2.75) is 0 Å². The van der Waals surface area contributed by atoms with E-state index >= 15 is 0 Å². The lowest BCUT2D eigenvalue weighted by Crippen LogP contribution is -1.95. The van der Waals surface area contributed by atoms with E-state index in [0.717, 1.165) is 28.0 Å². The van der Waals surface area contributed by atoms with E-state index in [1.165, 1.54) is 12.1 Å². The molecule has 0 aliphatic heterocycles. The van der Waals surface area contributed by atoms with Crippen LogP contribution in [-0.4, -0.2) is 19.6 Å². The van der Waals surface area contributed by atoms with Crippen molar-refractivity contribution in [3.05, 3.63) is 73.1 Å². The van der Waals surface area contributed by atoms with Crippen LogP contribution in [0.4, 0.5) is 4.39 Å². The van der Waals surface area contributed by atoms with Gasteiger partial charge in [0, 0.05) is 35.3 Å². The summed E-state index contributed by atoms with van der Waals surface area (Å²) in [5.41, 5.74) is 4.36. The Morgan fingerprint density at radius 2 is 1.73 bits per heavy atom. The van der Waals surface area contributed by atoms with Crippen molar-refractivity contribution >= 4 is 5.65 Å². The molecule has 22 heavy (non-hydrogen) atoms. The van der Waals surface area contributed by atoms with Gasteiger partial charge in [0.05, 0.1) is 11.9 Å². The average molecular weight is 290 g/mol. The monoisotopic (exact) mass is 290 g/mol. The SMILES string of the molecule is Fc1ccc(-c2cnc3c(-c4cccnc4)ccnn23)cc1. The Labute approximate surface area is 125 Å². The van der Waals surface area contributed by atoms with Crippen LogP contribution in [0.25, 0.3) is 28.0 Å². The maximum atomic E-state index is 13.1. The molecule has 106 valence electrons. The van der Waals surface area contributed by atoms with Gasteiger partial charge in [-0.3, -0.25) is 4.98 Å². The third kappa shape index (κ3) is 2.03. The Hall–Kier alpha value is -3.08. The van der Waals surface area contributed by atoms with Crippen molar-refractivity contribution in [3.8, 4) is 22.4 Å². The van der Waals surface area contributed by atoms with Gasteiger partial charge in [0.15, 0.2) is 5.65 Å². The van der Waals surface area contributed by atoms with Gasteiger partial charge in [0.25, 0.3) is 0 Å². The summed E-state index contributed by atoms with van der Waals surface area (Å²) in [5, 5.41) is 4.37. The van der Waals surface area contributed by atoms with Gasteiger partial charge >= 0.3 is 0 Å². The molecule has 0 bridgehead atoms. The van der Waals surface area contributed by atoms with Gasteiger partial charge in [-0.15, -0.1) is 0 Å². The van der Waals surface area contributed by atoms with E-state index in [9.17, 15) is 4.39 Å². The summed E-state index contributed by atoms with van der Waals surface area (Å²) in [6.45, 7) is 0. The Morgan fingerprint density at radius 3 is 2.50 bits per heavy atom. The lowest BCUT2D eigenvalue weighted by atomic mass is 10.1. The molecule has 0 atom stereocenters. The van der Waals surface area contributed by atoms with Crippen molar-refractivity contribution in [2.24, 2.45) is 0 Å². The molecule has 0 fully saturated rings. The average Bonchev–Trinajstić information content (AvgIpc) is 3.00. The molecule has 4 rings (SSSR count). The lowest BCUT2D eigenvalue weighted by Gasteiger charge is -2.04. The smallest absolute Gasteiger partial charge is 0.162 e. The number of pyridine rings is 1. The second-order valence-corrected chi connectivity index (χ2v) is 4.87. The number of benzene rings is 1. The van der Waals surface area contributed by atoms with Gasteiger partial charge in [-0.05, 0) is 36.4 Å². The molecule has 3 heterocycles. The number of imidazole rings is 1. The summed E-state index contributed by atoms with van der Waals surface area (Å²) in [4.78, 5) is 8.62. The van der Waals surface area contributed by atoms with E-state index in [4.69, 9.17) is 0 Å². The minimum absolute atomic E-state index is 0.262. The number of rotatable bonds is 2. The summed E-state index contributed by atoms with van der Waals surface area (Å²) in [6.07, 6.45) is 7.00. The van der Waals surface area contributed by atoms with Crippen LogP contribution >= 0.6 is 0 Å². The van der Waals surface area contributed by atoms with Crippen molar-refractivity contribution in [1.29, 1.82) is 0 Å². The first-order chi connectivity index (χ1) is 10.8. The molecule has 0 amide bonds. The zero-order valence-electron chi connectivity index (χ0n) is 11.5. The van der Waals surface area contributed by atoms with Crippen molar-refractivity contribution < 1.29 is 4.39 Å². The third-order valence-corrected chi connectivity index (χ3v) is 3.51. The molecule has 0 radical (unpaired) electrons. The van der Waals surface area contributed by atoms with E-state index in [1.807, 2.05) is 18.2 Å². The minimum Gasteiger partial charge on any atom is -0.264 e. The largest absolute Gasteiger partial charge is 0.264 e. The third-order valence-electron chi connectivity index (χ3n) is 3.51. The van der Waals surface area contributed by atoms with Gasteiger partial charge < -0.3 is 0 Å². The molecule has 0 unspecified atom stereocenters. The van der Waals surface area contributed by atoms with E-state index < -0.39 is 0 Å². The summed E-state index contributed by atoms with van der Waals surface area (Å²) in [7, 11) is 0. The predicted octanol–water partition coefficient (Wildman–Crippen LogP) is 3.60. The zero-order chi connectivity index (χ0) is 14.9. The minimum atomic E-state index is -0.262. The molecule has 0 saturated heterocycles. The fraction of sp³-hybridized carbons (Fsp3) is 0. The topological polar surface area (TPSA) is 43.1 Å². The fourth-order valence-electron chi connectivity index (χ4n) is 2.46. The molecular weight excluding hydrogens is 279 g/mol. The first-order valence-corrected chi connectivity index (χ1v) is 6.82. The van der Waals surface area contributed by atoms with Crippen LogP contribution in [0.5, 0.6) is 0 Å². The summed E-state index contributed by atoms with van der Waals surface area (Å²) >= 11 is 0. The van der Waals surface area contributed by atoms with Crippen LogP contribution in [0.15, 0.2) is 67.3 Å². The highest BCUT2D eigenvalue weighted by atomic mass is 19.1. The van der Waals surface area contributed by atoms with Crippen molar-refractivity contribution in [3.63, 3.8) is 0 Å². The maximum absolute atomic E-state index is 13.1. The molecule has 1 aromatic carbocycles. The number of fused-ring (bicyclic) bond motifs is 1. The Bertz CT molecular complexity index is 930. The standard InChI is InChI=1S/C17H11FN4/c18-14-5-3-12(4-6-14)16-11-20-17-15(7-9-21-22(16)17)13-2-1-8-19-10-13/h1-11H. The second-order valence-electron chi connectivity index (χ2n) is 4.87. The summed E-state index contributed by atoms with van der Waals surface area (Å²) < 4.78 is 14.8. The Morgan fingerprint density at radius 1 is 0.864 bits per heavy atom. The molecule has 0 aliphatic carbocycles. The molecule has 4 aromatic rings. The summed E-state index contributed by atoms with van der Waals surface area (Å²) in [6, 6.07) is 12.1. The normalized spacial score (nSPS) is 11.0. The molecule has 0 saturated carbocycles. The molecule has 0 aliphatic rings. The fourth-order valence-corrected chi connectivity index (χ4v) is 2.46. The van der Waals surface area contributed by atoms with Crippen molar-refractivity contribution in [2.75, 3.05) is 0 Å². The second kappa shape index (κ2) is 5.04. The maximum Gasteiger partial charge on any atom is 0.162 e. The molecule has 4 nitrogen and oxygen atoms in total. The van der Waals surface area contributed by atoms with Crippen LogP contribution in [0, 0.1) is 5.82 Å². The summed E-state index contributed by atoms with van der Waals surface area (Å²) in [5.74, 6) is -0.262. The number of hydrogen-bond donors (Lipinski definition) is 0. The molecule has 3 aromatic heterocycles. The van der Waals surface area contributed by atoms with E-state index in [1.54, 1.807) is 41.4 Å². The zero-order valence-corrected chi connectivity index (χ0v) is 11.5. The first kappa shape index (κ1) is 12.6. The van der Waals surface area contributed by atoms with Crippen LogP contribution in [0.3, 0.4) is 0 Å². The highest BCUT2D eigenvalue weighted by Gasteiger charge is 2.11. The van der Waals surface area contributed by atoms with Crippen LogP contribution < -0.4 is 0 Å². The highest BCUT2D eigenvalue weighted by Crippen LogP contribution is 2.26. The molecule has 5 heteroatoms. The highest BCUT2D eigenvalue weighted by molar-refractivity contribution is 5.78. The van der Waals surface area contributed by atoms with Crippen LogP contribution in [-0.2, 0) is 0 Å². The number of nitrogens with zero attached hydrogens (tertiary/aromatic N) is 4. The van der Waals surface area contributed by atoms with Gasteiger partial charge in [-0.1, -0.05) is 6.07 Å². The van der Waals surface area contributed by atoms with Gasteiger partial charge in [-0.2, -0.15) is 5.10 Å². The number of halogens is 1. The predicted molar refractivity (Wildman–Crippen MR) is 81.6 cm³/mol. The van der Waals surface area contributed by atoms with E-state index in [-0.39, 0.29) is 5.82 Å². The molecule has 0 spiro atoms. The Balaban J connectivity index is 1.92. The first-order valence-electron chi connectivity index (χ1n) is 6.82. The number of aromatic nitrogens is 4. The molecular formula is C17H11FN4. The number of hydrogen-bond acceptors (Lipinski definition) is 3. The van der Waals surface area contributed by atoms with Crippen molar-refractivity contribution in [1.82, 2.24) is 19.6 Å².